The van der Waals surface area contributed by atoms with Gasteiger partial charge in [-0.05, 0) is 48.9 Å². The molecule has 0 heterocycles. The average molecular weight is 614 g/mol. The SMILES string of the molecule is CCCCCCOP(=O)(OCCCCCC)OC(Cl)(Cl)OP(=O)(OCCCCCC)OCCCCCC. The second kappa shape index (κ2) is 23.5. The van der Waals surface area contributed by atoms with E-state index in [1.807, 2.05) is 0 Å². The quantitative estimate of drug-likeness (QED) is 0.0373. The van der Waals surface area contributed by atoms with E-state index >= 15 is 0 Å². The van der Waals surface area contributed by atoms with Gasteiger partial charge in [-0.25, -0.2) is 18.2 Å². The molecule has 37 heavy (non-hydrogen) atoms. The molecular weight excluding hydrogens is 561 g/mol. The average Bonchev–Trinajstić information content (AvgIpc) is 2.83. The van der Waals surface area contributed by atoms with Gasteiger partial charge < -0.3 is 0 Å². The van der Waals surface area contributed by atoms with Crippen LogP contribution in [0.5, 0.6) is 0 Å². The molecule has 0 saturated carbocycles. The topological polar surface area (TPSA) is 89.5 Å². The van der Waals surface area contributed by atoms with Crippen LogP contribution in [0, 0.1) is 0 Å². The summed E-state index contributed by atoms with van der Waals surface area (Å²) in [6.45, 7) is 8.92. The summed E-state index contributed by atoms with van der Waals surface area (Å²) < 4.78 is 56.6. The lowest BCUT2D eigenvalue weighted by Gasteiger charge is -2.28. The van der Waals surface area contributed by atoms with Crippen LogP contribution >= 0.6 is 38.8 Å². The molecule has 0 N–H and O–H groups in total. The largest absolute Gasteiger partial charge is 0.479 e. The maximum absolute atomic E-state index is 13.4. The van der Waals surface area contributed by atoms with Crippen molar-refractivity contribution in [3.63, 3.8) is 0 Å². The molecule has 0 spiro atoms. The van der Waals surface area contributed by atoms with Crippen LogP contribution in [0.15, 0.2) is 0 Å². The maximum atomic E-state index is 13.4. The number of rotatable bonds is 28. The minimum Gasteiger partial charge on any atom is -0.287 e. The predicted octanol–water partition coefficient (Wildman–Crippen LogP) is 10.7. The fraction of sp³-hybridized carbons (Fsp3) is 1.00. The van der Waals surface area contributed by atoms with Crippen molar-refractivity contribution in [2.75, 3.05) is 26.4 Å². The first kappa shape index (κ1) is 37.8. The number of halogens is 2. The lowest BCUT2D eigenvalue weighted by molar-refractivity contribution is -0.0341. The Labute approximate surface area is 236 Å². The van der Waals surface area contributed by atoms with Crippen molar-refractivity contribution in [1.29, 1.82) is 0 Å². The Hall–Kier alpha value is 0.800. The van der Waals surface area contributed by atoms with Gasteiger partial charge in [0.25, 0.3) is 0 Å². The second-order valence-corrected chi connectivity index (χ2v) is 13.5. The van der Waals surface area contributed by atoms with Crippen LogP contribution in [-0.2, 0) is 36.3 Å². The summed E-state index contributed by atoms with van der Waals surface area (Å²) in [7, 11) is -8.45. The Morgan fingerprint density at radius 3 is 0.919 bits per heavy atom. The molecule has 0 aliphatic heterocycles. The van der Waals surface area contributed by atoms with Gasteiger partial charge in [-0.15, -0.1) is 0 Å². The first-order valence-corrected chi connectivity index (χ1v) is 17.9. The summed E-state index contributed by atoms with van der Waals surface area (Å²) in [5.41, 5.74) is 0. The molecule has 0 rings (SSSR count). The van der Waals surface area contributed by atoms with E-state index in [9.17, 15) is 9.13 Å². The summed E-state index contributed by atoms with van der Waals surface area (Å²) >= 11 is 12.4. The molecule has 0 radical (unpaired) electrons. The number of phosphoric acid groups is 2. The van der Waals surface area contributed by atoms with Gasteiger partial charge in [0.15, 0.2) is 0 Å². The third kappa shape index (κ3) is 22.2. The highest BCUT2D eigenvalue weighted by molar-refractivity contribution is 7.49. The summed E-state index contributed by atoms with van der Waals surface area (Å²) in [4.78, 5) is 0. The Kier molecular flexibility index (Phi) is 24.0. The van der Waals surface area contributed by atoms with E-state index in [2.05, 4.69) is 27.7 Å². The van der Waals surface area contributed by atoms with Gasteiger partial charge in [-0.3, -0.25) is 18.1 Å². The van der Waals surface area contributed by atoms with E-state index in [4.69, 9.17) is 50.3 Å². The predicted molar refractivity (Wildman–Crippen MR) is 152 cm³/mol. The fourth-order valence-corrected chi connectivity index (χ4v) is 6.72. The van der Waals surface area contributed by atoms with Gasteiger partial charge in [-0.2, -0.15) is 0 Å². The van der Waals surface area contributed by atoms with Gasteiger partial charge in [0.05, 0.1) is 26.4 Å². The zero-order valence-corrected chi connectivity index (χ0v) is 26.9. The summed E-state index contributed by atoms with van der Waals surface area (Å²) in [6.07, 6.45) is 14.6. The minimum absolute atomic E-state index is 0.135. The van der Waals surface area contributed by atoms with Crippen molar-refractivity contribution in [3.05, 3.63) is 0 Å². The summed E-state index contributed by atoms with van der Waals surface area (Å²) in [5.74, 6) is 0. The molecule has 0 aromatic rings. The van der Waals surface area contributed by atoms with Crippen LogP contribution in [0.3, 0.4) is 0 Å². The van der Waals surface area contributed by atoms with E-state index in [-0.39, 0.29) is 26.4 Å². The number of alkyl halides is 2. The highest BCUT2D eigenvalue weighted by Crippen LogP contribution is 2.61. The summed E-state index contributed by atoms with van der Waals surface area (Å²) in [6, 6.07) is 0. The fourth-order valence-electron chi connectivity index (χ4n) is 3.28. The molecule has 0 aliphatic carbocycles. The van der Waals surface area contributed by atoms with Gasteiger partial charge in [0.1, 0.15) is 0 Å². The molecule has 0 aromatic carbocycles. The number of hydrogen-bond acceptors (Lipinski definition) is 8. The van der Waals surface area contributed by atoms with Crippen molar-refractivity contribution in [1.82, 2.24) is 0 Å². The monoisotopic (exact) mass is 612 g/mol. The Balaban J connectivity index is 5.24. The van der Waals surface area contributed by atoms with Crippen LogP contribution in [0.4, 0.5) is 0 Å². The van der Waals surface area contributed by atoms with Gasteiger partial charge in [0, 0.05) is 0 Å². The van der Waals surface area contributed by atoms with E-state index in [0.29, 0.717) is 25.7 Å². The molecule has 224 valence electrons. The molecule has 0 amide bonds. The van der Waals surface area contributed by atoms with Crippen LogP contribution in [0.25, 0.3) is 0 Å². The van der Waals surface area contributed by atoms with Gasteiger partial charge in [0.2, 0.25) is 0 Å². The molecule has 0 bridgehead atoms. The third-order valence-corrected chi connectivity index (χ3v) is 9.12. The molecular formula is C25H52Cl2O8P2. The van der Waals surface area contributed by atoms with Crippen LogP contribution in [-0.4, -0.2) is 31.1 Å². The zero-order valence-electron chi connectivity index (χ0n) is 23.6. The Morgan fingerprint density at radius 2 is 0.703 bits per heavy atom. The van der Waals surface area contributed by atoms with E-state index in [1.165, 1.54) is 0 Å². The lowest BCUT2D eigenvalue weighted by Crippen LogP contribution is -2.23. The van der Waals surface area contributed by atoms with Crippen molar-refractivity contribution < 1.29 is 36.3 Å². The van der Waals surface area contributed by atoms with Crippen LogP contribution in [0.1, 0.15) is 130 Å². The molecule has 0 fully saturated rings. The molecule has 0 atom stereocenters. The molecule has 0 saturated heterocycles. The van der Waals surface area contributed by atoms with E-state index < -0.39 is 20.4 Å². The highest BCUT2D eigenvalue weighted by Gasteiger charge is 2.46. The molecule has 12 heteroatoms. The normalized spacial score (nSPS) is 12.9. The Bertz CT molecular complexity index is 539. The van der Waals surface area contributed by atoms with E-state index in [1.54, 1.807) is 0 Å². The second-order valence-electron chi connectivity index (χ2n) is 9.12. The molecule has 0 aliphatic rings. The lowest BCUT2D eigenvalue weighted by atomic mass is 10.2. The van der Waals surface area contributed by atoms with Crippen molar-refractivity contribution >= 4 is 38.8 Å². The number of unbranched alkanes of at least 4 members (excludes halogenated alkanes) is 12. The van der Waals surface area contributed by atoms with E-state index in [0.717, 1.165) is 77.0 Å². The van der Waals surface area contributed by atoms with Crippen molar-refractivity contribution in [3.8, 4) is 0 Å². The molecule has 8 nitrogen and oxygen atoms in total. The van der Waals surface area contributed by atoms with Crippen LogP contribution < -0.4 is 0 Å². The van der Waals surface area contributed by atoms with Crippen molar-refractivity contribution in [2.45, 2.75) is 135 Å². The highest BCUT2D eigenvalue weighted by atomic mass is 35.5. The standard InChI is InChI=1S/C25H52Cl2O8P2/c1-5-9-13-17-21-30-36(28,31-22-18-14-10-6-2)34-25(26,27)35-37(29,32-23-19-15-11-7-3)33-24-20-16-12-8-4/h5-24H2,1-4H3. The zero-order chi connectivity index (χ0) is 27.9. The third-order valence-electron chi connectivity index (χ3n) is 5.43. The van der Waals surface area contributed by atoms with Crippen LogP contribution in [0.2, 0.25) is 0 Å². The molecule has 0 aromatic heterocycles. The van der Waals surface area contributed by atoms with Crippen molar-refractivity contribution in [2.24, 2.45) is 0 Å². The Morgan fingerprint density at radius 1 is 0.459 bits per heavy atom. The smallest absolute Gasteiger partial charge is 0.287 e. The first-order chi connectivity index (χ1) is 17.7. The first-order valence-electron chi connectivity index (χ1n) is 14.2. The number of hydrogen-bond donors (Lipinski definition) is 0. The van der Waals surface area contributed by atoms with Gasteiger partial charge in [-0.1, -0.05) is 105 Å². The minimum atomic E-state index is -4.23. The van der Waals surface area contributed by atoms with Gasteiger partial charge >= 0.3 is 20.4 Å². The number of phosphoric ester groups is 2. The maximum Gasteiger partial charge on any atom is 0.479 e. The summed E-state index contributed by atoms with van der Waals surface area (Å²) in [5, 5.41) is 0. The molecule has 0 unspecified atom stereocenters.